The molecule has 0 aliphatic rings. The molecule has 28 heavy (non-hydrogen) atoms. The molecule has 0 bridgehead atoms. The fourth-order valence-corrected chi connectivity index (χ4v) is 3.09. The van der Waals surface area contributed by atoms with Gasteiger partial charge in [0.25, 0.3) is 0 Å². The van der Waals surface area contributed by atoms with Crippen molar-refractivity contribution in [2.75, 3.05) is 0 Å². The number of nitrogens with one attached hydrogen (secondary N) is 2. The monoisotopic (exact) mass is 396 g/mol. The van der Waals surface area contributed by atoms with E-state index >= 15 is 0 Å². The first-order chi connectivity index (χ1) is 13.5. The van der Waals surface area contributed by atoms with Crippen molar-refractivity contribution in [3.05, 3.63) is 106 Å². The van der Waals surface area contributed by atoms with Crippen molar-refractivity contribution in [2.24, 2.45) is 0 Å². The van der Waals surface area contributed by atoms with Crippen LogP contribution < -0.4 is 0 Å². The van der Waals surface area contributed by atoms with Gasteiger partial charge in [-0.05, 0) is 42.7 Å². The van der Waals surface area contributed by atoms with E-state index in [2.05, 4.69) is 52.0 Å². The first-order valence-corrected chi connectivity index (χ1v) is 9.35. The summed E-state index contributed by atoms with van der Waals surface area (Å²) in [4.78, 5) is 13.9. The van der Waals surface area contributed by atoms with Crippen LogP contribution in [-0.4, -0.2) is 19.9 Å². The molecule has 4 aromatic rings. The summed E-state index contributed by atoms with van der Waals surface area (Å²) in [7, 11) is 0. The molecule has 2 aromatic carbocycles. The molecule has 2 aromatic heterocycles. The van der Waals surface area contributed by atoms with E-state index in [4.69, 9.17) is 11.6 Å². The van der Waals surface area contributed by atoms with Crippen LogP contribution in [0.4, 0.5) is 4.39 Å². The fraction of sp³-hybridized carbons (Fsp3) is 0.182. The zero-order chi connectivity index (χ0) is 19.9. The Bertz CT molecular complexity index is 991. The highest BCUT2D eigenvalue weighted by molar-refractivity contribution is 6.31. The van der Waals surface area contributed by atoms with Gasteiger partial charge in [-0.2, -0.15) is 0 Å². The third kappa shape index (κ3) is 5.08. The molecule has 0 fully saturated rings. The highest BCUT2D eigenvalue weighted by Crippen LogP contribution is 2.21. The molecule has 0 unspecified atom stereocenters. The van der Waals surface area contributed by atoms with Crippen molar-refractivity contribution in [1.29, 1.82) is 0 Å². The van der Waals surface area contributed by atoms with Gasteiger partial charge in [0.05, 0.1) is 12.7 Å². The van der Waals surface area contributed by atoms with Gasteiger partial charge in [-0.1, -0.05) is 35.9 Å². The minimum Gasteiger partial charge on any atom is -0.348 e. The third-order valence-electron chi connectivity index (χ3n) is 4.64. The molecule has 0 saturated carbocycles. The highest BCUT2D eigenvalue weighted by Gasteiger charge is 2.08. The summed E-state index contributed by atoms with van der Waals surface area (Å²) in [5.74, 6) is -0.285. The lowest BCUT2D eigenvalue weighted by atomic mass is 10.0. The second kappa shape index (κ2) is 9.33. The first-order valence-electron chi connectivity index (χ1n) is 8.97. The minimum atomic E-state index is -0.285. The van der Waals surface area contributed by atoms with Crippen LogP contribution in [0.15, 0.2) is 61.4 Å². The summed E-state index contributed by atoms with van der Waals surface area (Å²) in [6.45, 7) is 4.31. The standard InChI is InChI=1S/C12H14N2.C10H8ClFN2/c1-9-4-3-5-11(10(9)2)6-12-7-13-8-14-12;11-9-2-1-3-10(12)8(9)4-7-5-13-6-14-7/h3-5,7-8H,6H2,1-2H3,(H,13,14);1-3,5-6H,4H2,(H,13,14). The molecule has 4 rings (SSSR count). The maximum absolute atomic E-state index is 13.3. The van der Waals surface area contributed by atoms with Crippen LogP contribution in [-0.2, 0) is 12.8 Å². The zero-order valence-corrected chi connectivity index (χ0v) is 16.6. The molecule has 2 heterocycles. The van der Waals surface area contributed by atoms with E-state index in [9.17, 15) is 4.39 Å². The van der Waals surface area contributed by atoms with Crippen LogP contribution in [0.2, 0.25) is 5.02 Å². The van der Waals surface area contributed by atoms with Gasteiger partial charge in [-0.3, -0.25) is 0 Å². The summed E-state index contributed by atoms with van der Waals surface area (Å²) in [6, 6.07) is 11.1. The van der Waals surface area contributed by atoms with Crippen LogP contribution in [0.25, 0.3) is 0 Å². The van der Waals surface area contributed by atoms with E-state index < -0.39 is 0 Å². The van der Waals surface area contributed by atoms with Crippen LogP contribution in [0.5, 0.6) is 0 Å². The molecule has 0 radical (unpaired) electrons. The molecule has 0 spiro atoms. The highest BCUT2D eigenvalue weighted by atomic mass is 35.5. The van der Waals surface area contributed by atoms with Gasteiger partial charge < -0.3 is 9.97 Å². The number of halogens is 2. The van der Waals surface area contributed by atoms with Crippen molar-refractivity contribution in [3.8, 4) is 0 Å². The number of aromatic amines is 2. The number of rotatable bonds is 4. The summed E-state index contributed by atoms with van der Waals surface area (Å²) in [6.07, 6.45) is 8.19. The van der Waals surface area contributed by atoms with Crippen molar-refractivity contribution < 1.29 is 4.39 Å². The first kappa shape index (κ1) is 19.8. The number of aryl methyl sites for hydroxylation is 1. The Morgan fingerprint density at radius 3 is 2.14 bits per heavy atom. The second-order valence-electron chi connectivity index (χ2n) is 6.57. The topological polar surface area (TPSA) is 57.4 Å². The number of hydrogen-bond acceptors (Lipinski definition) is 2. The van der Waals surface area contributed by atoms with Crippen molar-refractivity contribution in [1.82, 2.24) is 19.9 Å². The summed E-state index contributed by atoms with van der Waals surface area (Å²) >= 11 is 5.87. The maximum Gasteiger partial charge on any atom is 0.128 e. The number of hydrogen-bond donors (Lipinski definition) is 2. The number of nitrogens with zero attached hydrogens (tertiary/aromatic N) is 2. The number of aromatic nitrogens is 4. The molecule has 0 atom stereocenters. The molecule has 0 aliphatic carbocycles. The maximum atomic E-state index is 13.3. The Balaban J connectivity index is 0.000000161. The predicted molar refractivity (Wildman–Crippen MR) is 110 cm³/mol. The van der Waals surface area contributed by atoms with Crippen LogP contribution in [0.1, 0.15) is 33.6 Å². The SMILES string of the molecule is Cc1cccc(Cc2cnc[nH]2)c1C.Fc1cccc(Cl)c1Cc1cnc[nH]1. The van der Waals surface area contributed by atoms with Crippen LogP contribution in [0.3, 0.4) is 0 Å². The van der Waals surface area contributed by atoms with Crippen molar-refractivity contribution in [2.45, 2.75) is 26.7 Å². The lowest BCUT2D eigenvalue weighted by Crippen LogP contribution is -1.93. The second-order valence-corrected chi connectivity index (χ2v) is 6.97. The van der Waals surface area contributed by atoms with Crippen LogP contribution in [0, 0.1) is 19.7 Å². The molecule has 144 valence electrons. The van der Waals surface area contributed by atoms with Gasteiger partial charge in [0.2, 0.25) is 0 Å². The minimum absolute atomic E-state index is 0.285. The average molecular weight is 397 g/mol. The van der Waals surface area contributed by atoms with Gasteiger partial charge in [0.1, 0.15) is 5.82 Å². The molecule has 0 aliphatic heterocycles. The summed E-state index contributed by atoms with van der Waals surface area (Å²) in [5, 5.41) is 0.444. The van der Waals surface area contributed by atoms with E-state index in [1.54, 1.807) is 31.0 Å². The number of imidazole rings is 2. The fourth-order valence-electron chi connectivity index (χ4n) is 2.86. The Morgan fingerprint density at radius 2 is 1.54 bits per heavy atom. The lowest BCUT2D eigenvalue weighted by molar-refractivity contribution is 0.613. The smallest absolute Gasteiger partial charge is 0.128 e. The molecule has 0 saturated heterocycles. The van der Waals surface area contributed by atoms with E-state index in [0.29, 0.717) is 17.0 Å². The zero-order valence-electron chi connectivity index (χ0n) is 15.8. The van der Waals surface area contributed by atoms with E-state index in [-0.39, 0.29) is 5.82 Å². The van der Waals surface area contributed by atoms with Crippen molar-refractivity contribution >= 4 is 11.6 Å². The molecule has 2 N–H and O–H groups in total. The van der Waals surface area contributed by atoms with E-state index in [1.165, 1.54) is 28.5 Å². The third-order valence-corrected chi connectivity index (χ3v) is 4.99. The molecular weight excluding hydrogens is 375 g/mol. The summed E-state index contributed by atoms with van der Waals surface area (Å²) in [5.41, 5.74) is 6.60. The van der Waals surface area contributed by atoms with Crippen LogP contribution >= 0.6 is 11.6 Å². The number of benzene rings is 2. The van der Waals surface area contributed by atoms with Gasteiger partial charge >= 0.3 is 0 Å². The normalized spacial score (nSPS) is 10.4. The van der Waals surface area contributed by atoms with Crippen molar-refractivity contribution in [3.63, 3.8) is 0 Å². The van der Waals surface area contributed by atoms with E-state index in [0.717, 1.165) is 12.1 Å². The van der Waals surface area contributed by atoms with Gasteiger partial charge in [-0.25, -0.2) is 14.4 Å². The Morgan fingerprint density at radius 1 is 0.893 bits per heavy atom. The van der Waals surface area contributed by atoms with Gasteiger partial charge in [0, 0.05) is 47.2 Å². The Labute approximate surface area is 168 Å². The molecule has 0 amide bonds. The molecule has 4 nitrogen and oxygen atoms in total. The Kier molecular flexibility index (Phi) is 6.61. The number of H-pyrrole nitrogens is 2. The average Bonchev–Trinajstić information content (AvgIpc) is 3.37. The molecule has 6 heteroatoms. The lowest BCUT2D eigenvalue weighted by Gasteiger charge is -2.06. The predicted octanol–water partition coefficient (Wildman–Crippen LogP) is 5.41. The van der Waals surface area contributed by atoms with Gasteiger partial charge in [-0.15, -0.1) is 0 Å². The quantitative estimate of drug-likeness (QED) is 0.484. The van der Waals surface area contributed by atoms with Gasteiger partial charge in [0.15, 0.2) is 0 Å². The Hall–Kier alpha value is -2.92. The molecular formula is C22H22ClFN4. The van der Waals surface area contributed by atoms with E-state index in [1.807, 2.05) is 6.20 Å². The summed E-state index contributed by atoms with van der Waals surface area (Å²) < 4.78 is 13.3. The largest absolute Gasteiger partial charge is 0.348 e.